The minimum absolute atomic E-state index is 0.480. The van der Waals surface area contributed by atoms with E-state index >= 15 is 0 Å². The predicted octanol–water partition coefficient (Wildman–Crippen LogP) is 3.25. The van der Waals surface area contributed by atoms with Gasteiger partial charge in [0.05, 0.1) is 17.2 Å². The minimum Gasteiger partial charge on any atom is -0.463 e. The number of hydrogen-bond acceptors (Lipinski definition) is 6. The summed E-state index contributed by atoms with van der Waals surface area (Å²) in [5.74, 6) is 0.558. The maximum absolute atomic E-state index is 12.2. The topological polar surface area (TPSA) is 81.3 Å². The molecule has 0 spiro atoms. The molecule has 1 fully saturated rings. The van der Waals surface area contributed by atoms with Gasteiger partial charge in [-0.25, -0.2) is 9.80 Å². The summed E-state index contributed by atoms with van der Waals surface area (Å²) in [5.41, 5.74) is 0. The lowest BCUT2D eigenvalue weighted by molar-refractivity contribution is -0.118. The van der Waals surface area contributed by atoms with Crippen LogP contribution in [0.3, 0.4) is 0 Å². The monoisotopic (exact) mass is 370 g/mol. The zero-order valence-corrected chi connectivity index (χ0v) is 15.6. The van der Waals surface area contributed by atoms with E-state index < -0.39 is 16.9 Å². The van der Waals surface area contributed by atoms with Crippen molar-refractivity contribution in [2.45, 2.75) is 44.5 Å². The van der Waals surface area contributed by atoms with Crippen molar-refractivity contribution >= 4 is 40.5 Å². The van der Waals surface area contributed by atoms with E-state index in [1.54, 1.807) is 18.4 Å². The van der Waals surface area contributed by atoms with Crippen molar-refractivity contribution in [1.82, 2.24) is 15.4 Å². The van der Waals surface area contributed by atoms with Crippen LogP contribution in [-0.2, 0) is 0 Å². The SMILES string of the molecule is CCCCNC(=O)N(O)C1N(/N=C/c2ccco2)C(=S)SC1(C)C. The maximum Gasteiger partial charge on any atom is 0.343 e. The van der Waals surface area contributed by atoms with Crippen LogP contribution in [0, 0.1) is 0 Å². The lowest BCUT2D eigenvalue weighted by atomic mass is 10.1. The number of nitrogens with one attached hydrogen (secondary N) is 1. The first-order valence-electron chi connectivity index (χ1n) is 7.72. The number of thiocarbonyl (C=S) groups is 1. The van der Waals surface area contributed by atoms with Gasteiger partial charge in [0, 0.05) is 6.54 Å². The van der Waals surface area contributed by atoms with E-state index in [0.717, 1.165) is 12.8 Å². The minimum atomic E-state index is -0.720. The first-order valence-corrected chi connectivity index (χ1v) is 8.95. The summed E-state index contributed by atoms with van der Waals surface area (Å²) < 4.78 is 5.17. The number of hydroxylamine groups is 2. The van der Waals surface area contributed by atoms with Gasteiger partial charge in [-0.05, 0) is 32.4 Å². The summed E-state index contributed by atoms with van der Waals surface area (Å²) in [7, 11) is 0. The molecular weight excluding hydrogens is 348 g/mol. The molecule has 1 aliphatic heterocycles. The maximum atomic E-state index is 12.2. The zero-order chi connectivity index (χ0) is 17.7. The van der Waals surface area contributed by atoms with Crippen LogP contribution in [0.15, 0.2) is 27.9 Å². The molecule has 1 saturated heterocycles. The van der Waals surface area contributed by atoms with Crippen molar-refractivity contribution in [1.29, 1.82) is 0 Å². The van der Waals surface area contributed by atoms with Crippen molar-refractivity contribution in [3.05, 3.63) is 24.2 Å². The third kappa shape index (κ3) is 4.28. The third-order valence-corrected chi connectivity index (χ3v) is 5.03. The summed E-state index contributed by atoms with van der Waals surface area (Å²) in [4.78, 5) is 12.2. The van der Waals surface area contributed by atoms with Gasteiger partial charge in [-0.1, -0.05) is 37.3 Å². The van der Waals surface area contributed by atoms with Crippen LogP contribution in [-0.4, -0.2) is 49.3 Å². The van der Waals surface area contributed by atoms with E-state index in [1.807, 2.05) is 20.8 Å². The Kier molecular flexibility index (Phi) is 6.25. The van der Waals surface area contributed by atoms with E-state index in [4.69, 9.17) is 16.6 Å². The van der Waals surface area contributed by atoms with Crippen molar-refractivity contribution < 1.29 is 14.4 Å². The van der Waals surface area contributed by atoms with Gasteiger partial charge >= 0.3 is 6.03 Å². The fourth-order valence-corrected chi connectivity index (χ4v) is 4.06. The Morgan fingerprint density at radius 3 is 3.04 bits per heavy atom. The Bertz CT molecular complexity index is 604. The molecule has 7 nitrogen and oxygen atoms in total. The molecule has 24 heavy (non-hydrogen) atoms. The van der Waals surface area contributed by atoms with Gasteiger partial charge in [-0.15, -0.1) is 0 Å². The van der Waals surface area contributed by atoms with Crippen LogP contribution in [0.2, 0.25) is 0 Å². The summed E-state index contributed by atoms with van der Waals surface area (Å²) in [6, 6.07) is 2.94. The van der Waals surface area contributed by atoms with E-state index in [1.165, 1.54) is 23.0 Å². The number of furan rings is 1. The molecule has 1 aromatic heterocycles. The summed E-state index contributed by atoms with van der Waals surface area (Å²) >= 11 is 6.73. The molecule has 132 valence electrons. The van der Waals surface area contributed by atoms with Gasteiger partial charge < -0.3 is 9.73 Å². The average Bonchev–Trinajstić information content (AvgIpc) is 3.10. The molecule has 1 aromatic rings. The number of unbranched alkanes of at least 4 members (excludes halogenated alkanes) is 1. The normalized spacial score (nSPS) is 19.9. The molecule has 9 heteroatoms. The number of carbonyl (C=O) groups is 1. The van der Waals surface area contributed by atoms with Gasteiger partial charge in [0.2, 0.25) is 0 Å². The van der Waals surface area contributed by atoms with Crippen LogP contribution >= 0.6 is 24.0 Å². The number of thioether (sulfide) groups is 1. The molecule has 2 heterocycles. The molecule has 1 aliphatic rings. The molecule has 0 bridgehead atoms. The number of nitrogens with zero attached hydrogens (tertiary/aromatic N) is 3. The fraction of sp³-hybridized carbons (Fsp3) is 0.533. The Hall–Kier alpha value is -1.58. The molecule has 1 atom stereocenters. The number of hydrazone groups is 1. The highest BCUT2D eigenvalue weighted by atomic mass is 32.2. The number of hydrogen-bond donors (Lipinski definition) is 2. The Labute approximate surface area is 151 Å². The first kappa shape index (κ1) is 18.8. The molecule has 0 aliphatic carbocycles. The Morgan fingerprint density at radius 2 is 2.42 bits per heavy atom. The molecule has 1 unspecified atom stereocenters. The molecule has 2 amide bonds. The van der Waals surface area contributed by atoms with E-state index in [-0.39, 0.29) is 0 Å². The van der Waals surface area contributed by atoms with Gasteiger partial charge in [-0.2, -0.15) is 10.2 Å². The van der Waals surface area contributed by atoms with Crippen molar-refractivity contribution in [3.63, 3.8) is 0 Å². The van der Waals surface area contributed by atoms with Gasteiger partial charge in [-0.3, -0.25) is 5.21 Å². The van der Waals surface area contributed by atoms with E-state index in [9.17, 15) is 10.0 Å². The molecular formula is C15H22N4O3S2. The predicted molar refractivity (Wildman–Crippen MR) is 98.1 cm³/mol. The Balaban J connectivity index is 2.15. The standard InChI is InChI=1S/C15H22N4O3S2/c1-4-5-8-16-13(20)19(21)12-15(2,3)24-14(23)18(12)17-10-11-7-6-9-22-11/h6-7,9-10,12,21H,4-5,8H2,1-3H3,(H,16,20)/b17-10+. The van der Waals surface area contributed by atoms with E-state index in [0.29, 0.717) is 21.7 Å². The summed E-state index contributed by atoms with van der Waals surface area (Å²) in [5, 5.41) is 19.5. The molecule has 0 aromatic carbocycles. The van der Waals surface area contributed by atoms with Crippen molar-refractivity contribution in [2.75, 3.05) is 6.54 Å². The smallest absolute Gasteiger partial charge is 0.343 e. The second kappa shape index (κ2) is 8.00. The molecule has 0 radical (unpaired) electrons. The van der Waals surface area contributed by atoms with Crippen LogP contribution in [0.1, 0.15) is 39.4 Å². The van der Waals surface area contributed by atoms with Crippen molar-refractivity contribution in [3.8, 4) is 0 Å². The van der Waals surface area contributed by atoms with Crippen LogP contribution < -0.4 is 5.32 Å². The van der Waals surface area contributed by atoms with Gasteiger partial charge in [0.1, 0.15) is 5.76 Å². The Morgan fingerprint density at radius 1 is 1.67 bits per heavy atom. The van der Waals surface area contributed by atoms with Crippen LogP contribution in [0.25, 0.3) is 0 Å². The van der Waals surface area contributed by atoms with Crippen LogP contribution in [0.4, 0.5) is 4.79 Å². The van der Waals surface area contributed by atoms with Gasteiger partial charge in [0.25, 0.3) is 0 Å². The highest BCUT2D eigenvalue weighted by Crippen LogP contribution is 2.42. The highest BCUT2D eigenvalue weighted by Gasteiger charge is 2.49. The fourth-order valence-electron chi connectivity index (χ4n) is 2.28. The molecule has 2 rings (SSSR count). The van der Waals surface area contributed by atoms with Crippen molar-refractivity contribution in [2.24, 2.45) is 5.10 Å². The largest absolute Gasteiger partial charge is 0.463 e. The quantitative estimate of drug-likeness (QED) is 0.263. The lowest BCUT2D eigenvalue weighted by Gasteiger charge is -2.34. The lowest BCUT2D eigenvalue weighted by Crippen LogP contribution is -2.55. The number of urea groups is 1. The third-order valence-electron chi connectivity index (χ3n) is 3.49. The molecule has 0 saturated carbocycles. The summed E-state index contributed by atoms with van der Waals surface area (Å²) in [6.07, 6.45) is 4.13. The van der Waals surface area contributed by atoms with Gasteiger partial charge in [0.15, 0.2) is 10.5 Å². The second-order valence-electron chi connectivity index (χ2n) is 5.88. The summed E-state index contributed by atoms with van der Waals surface area (Å²) in [6.45, 7) is 6.34. The second-order valence-corrected chi connectivity index (χ2v) is 8.17. The average molecular weight is 371 g/mol. The number of carbonyl (C=O) groups excluding carboxylic acids is 1. The number of amides is 2. The first-order chi connectivity index (χ1) is 11.4. The van der Waals surface area contributed by atoms with E-state index in [2.05, 4.69) is 10.4 Å². The zero-order valence-electron chi connectivity index (χ0n) is 13.9. The highest BCUT2D eigenvalue weighted by molar-refractivity contribution is 8.24. The molecule has 2 N–H and O–H groups in total. The number of rotatable bonds is 6. The van der Waals surface area contributed by atoms with Crippen LogP contribution in [0.5, 0.6) is 0 Å².